The Bertz CT molecular complexity index is 1240. The third-order valence-electron chi connectivity index (χ3n) is 4.87. The lowest BCUT2D eigenvalue weighted by atomic mass is 10.1. The molecule has 0 atom stereocenters. The van der Waals surface area contributed by atoms with Crippen molar-refractivity contribution in [2.45, 2.75) is 37.7 Å². The fraction of sp³-hybridized carbons (Fsp3) is 0.346. The number of benzene rings is 1. The van der Waals surface area contributed by atoms with Gasteiger partial charge in [0.25, 0.3) is 0 Å². The smallest absolute Gasteiger partial charge is 0.408 e. The number of alkyl carbamates (subject to hydrolysis) is 1. The Morgan fingerprint density at radius 1 is 1.13 bits per heavy atom. The first kappa shape index (κ1) is 28.5. The number of amides is 1. The van der Waals surface area contributed by atoms with E-state index in [-0.39, 0.29) is 19.8 Å². The van der Waals surface area contributed by atoms with Crippen LogP contribution in [0.4, 0.5) is 10.5 Å². The summed E-state index contributed by atoms with van der Waals surface area (Å²) in [6.45, 7) is 5.04. The van der Waals surface area contributed by atoms with Gasteiger partial charge in [-0.2, -0.15) is 5.10 Å². The second kappa shape index (κ2) is 13.5. The van der Waals surface area contributed by atoms with Crippen LogP contribution in [0.25, 0.3) is 5.82 Å². The molecule has 0 bridgehead atoms. The summed E-state index contributed by atoms with van der Waals surface area (Å²) < 4.78 is 17.3. The predicted molar refractivity (Wildman–Crippen MR) is 143 cm³/mol. The Hall–Kier alpha value is -4.06. The summed E-state index contributed by atoms with van der Waals surface area (Å²) in [5, 5.41) is 10.0. The van der Waals surface area contributed by atoms with Crippen molar-refractivity contribution in [2.24, 2.45) is 0 Å². The zero-order valence-electron chi connectivity index (χ0n) is 21.7. The summed E-state index contributed by atoms with van der Waals surface area (Å²) in [7, 11) is 1.82. The monoisotopic (exact) mass is 541 g/mol. The Kier molecular flexibility index (Phi) is 10.1. The minimum atomic E-state index is -0.688. The number of esters is 1. The highest BCUT2D eigenvalue weighted by Crippen LogP contribution is 2.27. The van der Waals surface area contributed by atoms with Gasteiger partial charge in [0.1, 0.15) is 31.1 Å². The van der Waals surface area contributed by atoms with E-state index in [1.807, 2.05) is 37.5 Å². The van der Waals surface area contributed by atoms with Crippen molar-refractivity contribution >= 4 is 35.1 Å². The minimum Gasteiger partial charge on any atom is -0.488 e. The molecule has 38 heavy (non-hydrogen) atoms. The summed E-state index contributed by atoms with van der Waals surface area (Å²) in [5.41, 5.74) is 2.96. The molecule has 2 aromatic heterocycles. The van der Waals surface area contributed by atoms with Gasteiger partial charge >= 0.3 is 12.1 Å². The van der Waals surface area contributed by atoms with E-state index in [1.54, 1.807) is 43.8 Å². The molecule has 2 heterocycles. The van der Waals surface area contributed by atoms with Gasteiger partial charge in [-0.3, -0.25) is 9.59 Å². The maximum atomic E-state index is 11.7. The summed E-state index contributed by atoms with van der Waals surface area (Å²) >= 11 is 1.13. The number of thioether (sulfide) groups is 1. The average Bonchev–Trinajstić information content (AvgIpc) is 3.33. The summed E-state index contributed by atoms with van der Waals surface area (Å²) in [6.07, 6.45) is 3.30. The molecule has 12 heteroatoms. The molecule has 0 radical (unpaired) electrons. The van der Waals surface area contributed by atoms with Gasteiger partial charge in [-0.15, -0.1) is 0 Å². The van der Waals surface area contributed by atoms with Crippen LogP contribution in [-0.2, 0) is 25.5 Å². The van der Waals surface area contributed by atoms with Gasteiger partial charge in [-0.25, -0.2) is 14.5 Å². The van der Waals surface area contributed by atoms with Crippen LogP contribution in [0.3, 0.4) is 0 Å². The number of hydrogen-bond acceptors (Lipinski definition) is 10. The molecule has 1 amide bonds. The van der Waals surface area contributed by atoms with E-state index in [4.69, 9.17) is 14.2 Å². The second-order valence-corrected chi connectivity index (χ2v) is 9.87. The molecule has 11 nitrogen and oxygen atoms in total. The Morgan fingerprint density at radius 2 is 1.95 bits per heavy atom. The maximum absolute atomic E-state index is 11.7. The van der Waals surface area contributed by atoms with Crippen LogP contribution in [0.5, 0.6) is 5.75 Å². The molecule has 0 spiro atoms. The fourth-order valence-corrected chi connectivity index (χ4v) is 3.86. The Morgan fingerprint density at radius 3 is 2.63 bits per heavy atom. The van der Waals surface area contributed by atoms with E-state index in [9.17, 15) is 14.4 Å². The highest BCUT2D eigenvalue weighted by Gasteiger charge is 2.17. The minimum absolute atomic E-state index is 0.0153. The van der Waals surface area contributed by atoms with Crippen molar-refractivity contribution in [3.8, 4) is 11.6 Å². The number of nitrogens with one attached hydrogen (secondary N) is 2. The molecule has 3 aromatic rings. The number of ether oxygens (including phenoxy) is 3. The predicted octanol–water partition coefficient (Wildman–Crippen LogP) is 3.63. The largest absolute Gasteiger partial charge is 0.488 e. The van der Waals surface area contributed by atoms with Gasteiger partial charge < -0.3 is 24.8 Å². The molecule has 0 saturated heterocycles. The van der Waals surface area contributed by atoms with E-state index >= 15 is 0 Å². The summed E-state index contributed by atoms with van der Waals surface area (Å²) in [6, 6.07) is 11.3. The first-order valence-electron chi connectivity index (χ1n) is 11.8. The van der Waals surface area contributed by atoms with E-state index in [0.29, 0.717) is 18.0 Å². The first-order chi connectivity index (χ1) is 18.2. The molecule has 0 fully saturated rings. The quantitative estimate of drug-likeness (QED) is 0.152. The van der Waals surface area contributed by atoms with Crippen molar-refractivity contribution in [3.63, 3.8) is 0 Å². The van der Waals surface area contributed by atoms with E-state index in [1.165, 1.54) is 0 Å². The molecular formula is C26H31N5O6S. The third kappa shape index (κ3) is 9.11. The number of anilines is 1. The average molecular weight is 542 g/mol. The van der Waals surface area contributed by atoms with Crippen LogP contribution in [0.2, 0.25) is 0 Å². The van der Waals surface area contributed by atoms with E-state index in [0.717, 1.165) is 39.2 Å². The van der Waals surface area contributed by atoms with Crippen molar-refractivity contribution in [2.75, 3.05) is 32.1 Å². The molecule has 3 rings (SSSR count). The fourth-order valence-electron chi connectivity index (χ4n) is 3.24. The van der Waals surface area contributed by atoms with Crippen LogP contribution in [-0.4, -0.2) is 64.9 Å². The maximum Gasteiger partial charge on any atom is 0.408 e. The van der Waals surface area contributed by atoms with Gasteiger partial charge in [0.2, 0.25) is 0 Å². The van der Waals surface area contributed by atoms with Crippen molar-refractivity contribution < 1.29 is 28.6 Å². The highest BCUT2D eigenvalue weighted by molar-refractivity contribution is 8.12. The van der Waals surface area contributed by atoms with E-state index < -0.39 is 17.7 Å². The number of nitrogens with zero attached hydrogens (tertiary/aromatic N) is 3. The second-order valence-electron chi connectivity index (χ2n) is 9.00. The number of carbonyl (C=O) groups excluding carboxylic acids is 3. The number of rotatable bonds is 12. The zero-order chi connectivity index (χ0) is 27.5. The van der Waals surface area contributed by atoms with Gasteiger partial charge in [-0.05, 0) is 56.7 Å². The molecular weight excluding hydrogens is 510 g/mol. The molecule has 0 aliphatic rings. The number of aromatic nitrogens is 3. The Balaban J connectivity index is 1.44. The lowest BCUT2D eigenvalue weighted by Crippen LogP contribution is -2.36. The first-order valence-corrected chi connectivity index (χ1v) is 12.7. The van der Waals surface area contributed by atoms with Crippen LogP contribution in [0.1, 0.15) is 32.0 Å². The van der Waals surface area contributed by atoms with Gasteiger partial charge in [0.15, 0.2) is 11.4 Å². The highest BCUT2D eigenvalue weighted by atomic mass is 32.2. The molecule has 0 aliphatic carbocycles. The summed E-state index contributed by atoms with van der Waals surface area (Å²) in [5.74, 6) is 0.527. The Labute approximate surface area is 225 Å². The van der Waals surface area contributed by atoms with Gasteiger partial charge in [0.05, 0.1) is 11.9 Å². The van der Waals surface area contributed by atoms with Crippen molar-refractivity contribution in [1.29, 1.82) is 0 Å². The number of hydrogen-bond donors (Lipinski definition) is 2. The molecule has 2 N–H and O–H groups in total. The van der Waals surface area contributed by atoms with Gasteiger partial charge in [0, 0.05) is 30.2 Å². The van der Waals surface area contributed by atoms with Crippen LogP contribution >= 0.6 is 11.8 Å². The topological polar surface area (TPSA) is 134 Å². The lowest BCUT2D eigenvalue weighted by Gasteiger charge is -2.19. The van der Waals surface area contributed by atoms with Crippen molar-refractivity contribution in [1.82, 2.24) is 20.1 Å². The summed E-state index contributed by atoms with van der Waals surface area (Å²) in [4.78, 5) is 39.5. The SMILES string of the molecule is CNc1ccc(Cc2ccn(-c3ccc(OCCOC(=O)CNC(=O)OC(C)(C)C)cn3)n2)cc1SC=O. The third-order valence-corrected chi connectivity index (χ3v) is 5.55. The standard InChI is InChI=1S/C26H31N5O6S/c1-26(2,3)37-25(34)29-16-24(33)36-12-11-35-20-6-8-23(28-15-20)31-10-9-19(30-31)13-18-5-7-21(27-4)22(14-18)38-17-32/h5-10,14-15,17,27H,11-13,16H2,1-4H3,(H,29,34). The van der Waals surface area contributed by atoms with Gasteiger partial charge in [-0.1, -0.05) is 17.8 Å². The van der Waals surface area contributed by atoms with Crippen LogP contribution < -0.4 is 15.4 Å². The lowest BCUT2D eigenvalue weighted by molar-refractivity contribution is -0.143. The van der Waals surface area contributed by atoms with E-state index in [2.05, 4.69) is 20.7 Å². The molecule has 1 aromatic carbocycles. The normalized spacial score (nSPS) is 10.9. The molecule has 202 valence electrons. The van der Waals surface area contributed by atoms with Crippen LogP contribution in [0.15, 0.2) is 53.7 Å². The zero-order valence-corrected chi connectivity index (χ0v) is 22.5. The molecule has 0 unspecified atom stereocenters. The molecule has 0 saturated carbocycles. The number of pyridine rings is 1. The van der Waals surface area contributed by atoms with Crippen molar-refractivity contribution in [3.05, 3.63) is 60.0 Å². The molecule has 0 aliphatic heterocycles. The number of carbonyl (C=O) groups is 3. The van der Waals surface area contributed by atoms with Crippen LogP contribution in [0, 0.1) is 0 Å².